The van der Waals surface area contributed by atoms with E-state index in [9.17, 15) is 22.4 Å². The van der Waals surface area contributed by atoms with Gasteiger partial charge in [-0.15, -0.1) is 0 Å². The number of nitrogens with one attached hydrogen (secondary N) is 2. The molecule has 4 nitrogen and oxygen atoms in total. The maximum atomic E-state index is 13.7. The van der Waals surface area contributed by atoms with Crippen molar-refractivity contribution in [1.29, 1.82) is 5.26 Å². The lowest BCUT2D eigenvalue weighted by Crippen LogP contribution is -2.50. The number of hydrogen-bond donors (Lipinski definition) is 2. The lowest BCUT2D eigenvalue weighted by molar-refractivity contribution is -0.187. The molecule has 2 atom stereocenters. The van der Waals surface area contributed by atoms with Crippen molar-refractivity contribution >= 4 is 6.03 Å². The average molecular weight is 343 g/mol. The fourth-order valence-electron chi connectivity index (χ4n) is 2.85. The van der Waals surface area contributed by atoms with Crippen LogP contribution in [0.2, 0.25) is 0 Å². The van der Waals surface area contributed by atoms with Gasteiger partial charge < -0.3 is 10.6 Å². The number of benzene rings is 1. The van der Waals surface area contributed by atoms with Gasteiger partial charge in [-0.3, -0.25) is 0 Å². The highest BCUT2D eigenvalue weighted by Crippen LogP contribution is 2.37. The molecule has 1 aromatic carbocycles. The Morgan fingerprint density at radius 3 is 2.62 bits per heavy atom. The summed E-state index contributed by atoms with van der Waals surface area (Å²) >= 11 is 0. The Morgan fingerprint density at radius 2 is 2.00 bits per heavy atom. The van der Waals surface area contributed by atoms with E-state index in [1.807, 2.05) is 0 Å². The molecule has 1 aliphatic rings. The minimum absolute atomic E-state index is 0.00129. The Kier molecular flexibility index (Phi) is 5.65. The molecule has 24 heavy (non-hydrogen) atoms. The summed E-state index contributed by atoms with van der Waals surface area (Å²) in [5.41, 5.74) is 0.302. The summed E-state index contributed by atoms with van der Waals surface area (Å²) < 4.78 is 52.6. The first-order chi connectivity index (χ1) is 11.3. The third-order valence-electron chi connectivity index (χ3n) is 4.12. The van der Waals surface area contributed by atoms with Crippen molar-refractivity contribution in [3.8, 4) is 6.07 Å². The smallest absolute Gasteiger partial charge is 0.335 e. The molecule has 1 fully saturated rings. The first kappa shape index (κ1) is 18.0. The van der Waals surface area contributed by atoms with Crippen molar-refractivity contribution in [3.63, 3.8) is 0 Å². The van der Waals surface area contributed by atoms with Crippen LogP contribution in [0.25, 0.3) is 0 Å². The first-order valence-corrected chi connectivity index (χ1v) is 7.61. The largest absolute Gasteiger partial charge is 0.393 e. The van der Waals surface area contributed by atoms with Gasteiger partial charge in [0.2, 0.25) is 0 Å². The Bertz CT molecular complexity index is 639. The first-order valence-electron chi connectivity index (χ1n) is 7.61. The highest BCUT2D eigenvalue weighted by atomic mass is 19.4. The zero-order valence-corrected chi connectivity index (χ0v) is 12.8. The van der Waals surface area contributed by atoms with E-state index in [4.69, 9.17) is 5.26 Å². The highest BCUT2D eigenvalue weighted by molar-refractivity contribution is 5.74. The number of hydrogen-bond acceptors (Lipinski definition) is 2. The van der Waals surface area contributed by atoms with E-state index in [0.717, 1.165) is 6.07 Å². The molecule has 0 aliphatic heterocycles. The van der Waals surface area contributed by atoms with Gasteiger partial charge in [-0.25, -0.2) is 9.18 Å². The molecule has 2 amide bonds. The second kappa shape index (κ2) is 7.51. The van der Waals surface area contributed by atoms with Crippen LogP contribution in [0.15, 0.2) is 18.2 Å². The van der Waals surface area contributed by atoms with E-state index in [2.05, 4.69) is 10.6 Å². The molecule has 1 aromatic rings. The topological polar surface area (TPSA) is 64.9 Å². The van der Waals surface area contributed by atoms with Crippen molar-refractivity contribution in [2.45, 2.75) is 44.4 Å². The quantitative estimate of drug-likeness (QED) is 0.824. The van der Waals surface area contributed by atoms with Crippen LogP contribution in [-0.4, -0.2) is 18.2 Å². The van der Waals surface area contributed by atoms with Gasteiger partial charge in [0, 0.05) is 18.2 Å². The van der Waals surface area contributed by atoms with Crippen LogP contribution in [0.3, 0.4) is 0 Å². The van der Waals surface area contributed by atoms with Gasteiger partial charge in [-0.05, 0) is 25.0 Å². The normalized spacial score (nSPS) is 21.0. The predicted molar refractivity (Wildman–Crippen MR) is 78.3 cm³/mol. The van der Waals surface area contributed by atoms with Crippen LogP contribution in [0.4, 0.5) is 22.4 Å². The standard InChI is InChI=1S/C16H17F4N3O/c17-13-7-10(8-21)5-6-11(13)9-22-15(24)23-14-4-2-1-3-12(14)16(18,19)20/h5-7,12,14H,1-4,9H2,(H2,22,23,24)/t12-,14-/m1/s1. The molecule has 0 unspecified atom stereocenters. The number of alkyl halides is 3. The maximum absolute atomic E-state index is 13.7. The summed E-state index contributed by atoms with van der Waals surface area (Å²) in [5, 5.41) is 13.4. The number of urea groups is 1. The third kappa shape index (κ3) is 4.60. The highest BCUT2D eigenvalue weighted by Gasteiger charge is 2.45. The second-order valence-corrected chi connectivity index (χ2v) is 5.78. The van der Waals surface area contributed by atoms with Gasteiger partial charge in [0.1, 0.15) is 5.82 Å². The maximum Gasteiger partial charge on any atom is 0.393 e. The summed E-state index contributed by atoms with van der Waals surface area (Å²) in [6, 6.07) is 3.85. The van der Waals surface area contributed by atoms with E-state index < -0.39 is 30.0 Å². The number of halogens is 4. The Morgan fingerprint density at radius 1 is 1.29 bits per heavy atom. The molecule has 1 saturated carbocycles. The number of amides is 2. The predicted octanol–water partition coefficient (Wildman–Crippen LogP) is 3.62. The van der Waals surface area contributed by atoms with E-state index in [1.165, 1.54) is 12.1 Å². The molecule has 1 aliphatic carbocycles. The molecule has 0 bridgehead atoms. The average Bonchev–Trinajstić information content (AvgIpc) is 2.53. The SMILES string of the molecule is N#Cc1ccc(CNC(=O)N[C@@H]2CCCC[C@H]2C(F)(F)F)c(F)c1. The van der Waals surface area contributed by atoms with Crippen LogP contribution in [0, 0.1) is 23.1 Å². The van der Waals surface area contributed by atoms with Crippen molar-refractivity contribution in [2.75, 3.05) is 0 Å². The zero-order valence-electron chi connectivity index (χ0n) is 12.8. The monoisotopic (exact) mass is 343 g/mol. The van der Waals surface area contributed by atoms with E-state index in [-0.39, 0.29) is 30.5 Å². The number of rotatable bonds is 3. The number of carbonyl (C=O) groups is 1. The molecular formula is C16H17F4N3O. The molecule has 0 heterocycles. The molecule has 2 rings (SSSR count). The van der Waals surface area contributed by atoms with Gasteiger partial charge in [0.05, 0.1) is 17.6 Å². The zero-order chi connectivity index (χ0) is 17.7. The van der Waals surface area contributed by atoms with E-state index >= 15 is 0 Å². The van der Waals surface area contributed by atoms with Crippen LogP contribution in [0.5, 0.6) is 0 Å². The molecule has 130 valence electrons. The summed E-state index contributed by atoms with van der Waals surface area (Å²) in [4.78, 5) is 11.8. The Hall–Kier alpha value is -2.30. The molecule has 0 aromatic heterocycles. The fraction of sp³-hybridized carbons (Fsp3) is 0.500. The van der Waals surface area contributed by atoms with Gasteiger partial charge in [0.25, 0.3) is 0 Å². The summed E-state index contributed by atoms with van der Waals surface area (Å²) in [7, 11) is 0. The minimum atomic E-state index is -4.35. The number of nitriles is 1. The minimum Gasteiger partial charge on any atom is -0.335 e. The second-order valence-electron chi connectivity index (χ2n) is 5.78. The van der Waals surface area contributed by atoms with Crippen LogP contribution < -0.4 is 10.6 Å². The van der Waals surface area contributed by atoms with Crippen molar-refractivity contribution in [3.05, 3.63) is 35.1 Å². The fourth-order valence-corrected chi connectivity index (χ4v) is 2.85. The van der Waals surface area contributed by atoms with Gasteiger partial charge >= 0.3 is 12.2 Å². The molecule has 0 saturated heterocycles. The molecule has 8 heteroatoms. The molecule has 0 radical (unpaired) electrons. The van der Waals surface area contributed by atoms with Crippen molar-refractivity contribution in [1.82, 2.24) is 10.6 Å². The Balaban J connectivity index is 1.92. The van der Waals surface area contributed by atoms with Crippen molar-refractivity contribution < 1.29 is 22.4 Å². The lowest BCUT2D eigenvalue weighted by Gasteiger charge is -2.33. The number of nitrogens with zero attached hydrogens (tertiary/aromatic N) is 1. The summed E-state index contributed by atoms with van der Waals surface area (Å²) in [5.74, 6) is -2.20. The summed E-state index contributed by atoms with van der Waals surface area (Å²) in [6.45, 7) is -0.174. The van der Waals surface area contributed by atoms with E-state index in [0.29, 0.717) is 12.8 Å². The van der Waals surface area contributed by atoms with Crippen LogP contribution in [0.1, 0.15) is 36.8 Å². The van der Waals surface area contributed by atoms with Gasteiger partial charge in [0.15, 0.2) is 0 Å². The lowest BCUT2D eigenvalue weighted by atomic mass is 9.84. The molecule has 2 N–H and O–H groups in total. The molecular weight excluding hydrogens is 326 g/mol. The van der Waals surface area contributed by atoms with E-state index in [1.54, 1.807) is 6.07 Å². The van der Waals surface area contributed by atoms with Crippen LogP contribution >= 0.6 is 0 Å². The number of carbonyl (C=O) groups excluding carboxylic acids is 1. The van der Waals surface area contributed by atoms with Gasteiger partial charge in [-0.2, -0.15) is 18.4 Å². The summed E-state index contributed by atoms with van der Waals surface area (Å²) in [6.07, 6.45) is -2.97. The van der Waals surface area contributed by atoms with Gasteiger partial charge in [-0.1, -0.05) is 18.9 Å². The van der Waals surface area contributed by atoms with Crippen LogP contribution in [-0.2, 0) is 6.54 Å². The van der Waals surface area contributed by atoms with Crippen molar-refractivity contribution in [2.24, 2.45) is 5.92 Å². The molecule has 0 spiro atoms. The Labute approximate surface area is 136 Å². The third-order valence-corrected chi connectivity index (χ3v) is 4.12.